The summed E-state index contributed by atoms with van der Waals surface area (Å²) in [6.45, 7) is 2.53. The molecule has 150 valence electrons. The van der Waals surface area contributed by atoms with Crippen LogP contribution in [-0.2, 0) is 19.1 Å². The van der Waals surface area contributed by atoms with Crippen molar-refractivity contribution in [2.45, 2.75) is 19.9 Å². The molecule has 0 saturated carbocycles. The normalized spacial score (nSPS) is 16.4. The fraction of sp³-hybridized carbons (Fsp3) is 0.294. The molecule has 0 radical (unpaired) electrons. The Labute approximate surface area is 174 Å². The van der Waals surface area contributed by atoms with Gasteiger partial charge in [-0.15, -0.1) is 0 Å². The number of thioether (sulfide) groups is 1. The maximum atomic E-state index is 12.5. The van der Waals surface area contributed by atoms with E-state index in [0.29, 0.717) is 17.3 Å². The molecule has 1 aliphatic rings. The van der Waals surface area contributed by atoms with Crippen molar-refractivity contribution >= 4 is 64.1 Å². The van der Waals surface area contributed by atoms with E-state index >= 15 is 0 Å². The van der Waals surface area contributed by atoms with Crippen LogP contribution in [0.3, 0.4) is 0 Å². The molecule has 0 aromatic heterocycles. The third kappa shape index (κ3) is 4.98. The van der Waals surface area contributed by atoms with Gasteiger partial charge in [-0.3, -0.25) is 14.5 Å². The lowest BCUT2D eigenvalue weighted by Gasteiger charge is -2.19. The van der Waals surface area contributed by atoms with Crippen LogP contribution in [0.2, 0.25) is 10.0 Å². The molecule has 2 amide bonds. The first kappa shape index (κ1) is 22.1. The quantitative estimate of drug-likeness (QED) is 0.499. The fourth-order valence-corrected chi connectivity index (χ4v) is 3.79. The number of carboxylic acids is 1. The summed E-state index contributed by atoms with van der Waals surface area (Å²) < 4.78 is 9.87. The zero-order chi connectivity index (χ0) is 21.0. The first-order chi connectivity index (χ1) is 13.1. The van der Waals surface area contributed by atoms with E-state index in [1.54, 1.807) is 6.92 Å². The predicted octanol–water partition coefficient (Wildman–Crippen LogP) is 3.44. The highest BCUT2D eigenvalue weighted by molar-refractivity contribution is 8.18. The third-order valence-corrected chi connectivity index (χ3v) is 4.94. The van der Waals surface area contributed by atoms with Gasteiger partial charge in [0.05, 0.1) is 21.6 Å². The van der Waals surface area contributed by atoms with Crippen LogP contribution in [0.15, 0.2) is 17.0 Å². The van der Waals surface area contributed by atoms with Crippen molar-refractivity contribution in [2.24, 2.45) is 0 Å². The highest BCUT2D eigenvalue weighted by Gasteiger charge is 2.41. The van der Waals surface area contributed by atoms with Crippen LogP contribution in [0, 0.1) is 0 Å². The van der Waals surface area contributed by atoms with Gasteiger partial charge in [0.25, 0.3) is 11.1 Å². The maximum Gasteiger partial charge on any atom is 0.341 e. The van der Waals surface area contributed by atoms with Crippen molar-refractivity contribution in [3.8, 4) is 5.75 Å². The fourth-order valence-electron chi connectivity index (χ4n) is 2.27. The molecule has 1 N–H and O–H groups in total. The average Bonchev–Trinajstić information content (AvgIpc) is 2.87. The molecular formula is C17H15Cl2NO7S. The highest BCUT2D eigenvalue weighted by atomic mass is 35.5. The number of esters is 1. The van der Waals surface area contributed by atoms with Crippen molar-refractivity contribution in [1.29, 1.82) is 0 Å². The van der Waals surface area contributed by atoms with Crippen molar-refractivity contribution < 1.29 is 33.8 Å². The molecule has 1 heterocycles. The Morgan fingerprint density at radius 1 is 1.29 bits per heavy atom. The number of hydrogen-bond donors (Lipinski definition) is 1. The Hall–Kier alpha value is -2.23. The lowest BCUT2D eigenvalue weighted by atomic mass is 10.2. The molecule has 1 saturated heterocycles. The van der Waals surface area contributed by atoms with Crippen molar-refractivity contribution in [3.05, 3.63) is 32.6 Å². The molecule has 0 bridgehead atoms. The van der Waals surface area contributed by atoms with Crippen LogP contribution in [-0.4, -0.2) is 52.3 Å². The monoisotopic (exact) mass is 447 g/mol. The summed E-state index contributed by atoms with van der Waals surface area (Å²) in [6.07, 6.45) is 1.39. The van der Waals surface area contributed by atoms with Gasteiger partial charge in [0.15, 0.2) is 12.4 Å². The number of halogens is 2. The summed E-state index contributed by atoms with van der Waals surface area (Å²) in [7, 11) is 0. The van der Waals surface area contributed by atoms with Gasteiger partial charge >= 0.3 is 11.9 Å². The van der Waals surface area contributed by atoms with Gasteiger partial charge in [-0.2, -0.15) is 0 Å². The van der Waals surface area contributed by atoms with Gasteiger partial charge in [0, 0.05) is 0 Å². The molecule has 2 rings (SSSR count). The molecule has 1 aromatic carbocycles. The number of carbonyl (C=O) groups excluding carboxylic acids is 3. The van der Waals surface area contributed by atoms with Crippen LogP contribution in [0.4, 0.5) is 4.79 Å². The summed E-state index contributed by atoms with van der Waals surface area (Å²) in [5, 5.41) is 8.15. The Kier molecular flexibility index (Phi) is 7.34. The molecule has 1 fully saturated rings. The highest BCUT2D eigenvalue weighted by Crippen LogP contribution is 2.38. The zero-order valence-corrected chi connectivity index (χ0v) is 17.1. The van der Waals surface area contributed by atoms with Gasteiger partial charge in [0.1, 0.15) is 6.04 Å². The SMILES string of the molecule is CCOC(=O)[C@@H](C)N1C(=O)S/C(=C/c2cc(Cl)c(OCC(=O)O)c(Cl)c2)C1=O. The maximum absolute atomic E-state index is 12.5. The number of hydrogen-bond acceptors (Lipinski definition) is 7. The summed E-state index contributed by atoms with van der Waals surface area (Å²) >= 11 is 12.8. The molecule has 1 aromatic rings. The van der Waals surface area contributed by atoms with E-state index < -0.39 is 35.7 Å². The standard InChI is InChI=1S/C17H15Cl2NO7S/c1-3-26-16(24)8(2)20-15(23)12(28-17(20)25)6-9-4-10(18)14(11(19)5-9)27-7-13(21)22/h4-6,8H,3,7H2,1-2H3,(H,21,22)/b12-6+/t8-/m1/s1. The summed E-state index contributed by atoms with van der Waals surface area (Å²) in [4.78, 5) is 48.0. The van der Waals surface area contributed by atoms with Crippen molar-refractivity contribution in [1.82, 2.24) is 4.90 Å². The largest absolute Gasteiger partial charge is 0.479 e. The Balaban J connectivity index is 2.26. The minimum atomic E-state index is -1.19. The average molecular weight is 448 g/mol. The van der Waals surface area contributed by atoms with Crippen LogP contribution in [0.1, 0.15) is 19.4 Å². The second-order valence-corrected chi connectivity index (χ2v) is 7.28. The number of aliphatic carboxylic acids is 1. The van der Waals surface area contributed by atoms with E-state index in [2.05, 4.69) is 0 Å². The molecule has 0 aliphatic carbocycles. The predicted molar refractivity (Wildman–Crippen MR) is 103 cm³/mol. The molecule has 28 heavy (non-hydrogen) atoms. The molecular weight excluding hydrogens is 433 g/mol. The molecule has 11 heteroatoms. The molecule has 0 spiro atoms. The Morgan fingerprint density at radius 3 is 2.43 bits per heavy atom. The summed E-state index contributed by atoms with van der Waals surface area (Å²) in [5.74, 6) is -2.53. The van der Waals surface area contributed by atoms with E-state index in [-0.39, 0.29) is 27.3 Å². The van der Waals surface area contributed by atoms with Crippen LogP contribution in [0.25, 0.3) is 6.08 Å². The number of carboxylic acid groups (broad SMARTS) is 1. The topological polar surface area (TPSA) is 110 Å². The summed E-state index contributed by atoms with van der Waals surface area (Å²) in [6, 6.07) is 1.76. The molecule has 8 nitrogen and oxygen atoms in total. The van der Waals surface area contributed by atoms with Gasteiger partial charge in [-0.1, -0.05) is 23.2 Å². The zero-order valence-electron chi connectivity index (χ0n) is 14.7. The van der Waals surface area contributed by atoms with E-state index in [9.17, 15) is 19.2 Å². The van der Waals surface area contributed by atoms with Gasteiger partial charge in [0.2, 0.25) is 0 Å². The number of carbonyl (C=O) groups is 4. The number of nitrogens with zero attached hydrogens (tertiary/aromatic N) is 1. The second kappa shape index (κ2) is 9.31. The van der Waals surface area contributed by atoms with Crippen LogP contribution >= 0.6 is 35.0 Å². The second-order valence-electron chi connectivity index (χ2n) is 5.48. The molecule has 0 unspecified atom stereocenters. The minimum Gasteiger partial charge on any atom is -0.479 e. The lowest BCUT2D eigenvalue weighted by Crippen LogP contribution is -2.42. The number of amides is 2. The smallest absolute Gasteiger partial charge is 0.341 e. The first-order valence-corrected chi connectivity index (χ1v) is 9.50. The van der Waals surface area contributed by atoms with Crippen LogP contribution < -0.4 is 4.74 Å². The lowest BCUT2D eigenvalue weighted by molar-refractivity contribution is -0.150. The van der Waals surface area contributed by atoms with Gasteiger partial charge in [-0.05, 0) is 49.4 Å². The van der Waals surface area contributed by atoms with Crippen LogP contribution in [0.5, 0.6) is 5.75 Å². The van der Waals surface area contributed by atoms with E-state index in [0.717, 1.165) is 4.90 Å². The summed E-state index contributed by atoms with van der Waals surface area (Å²) in [5.41, 5.74) is 0.395. The van der Waals surface area contributed by atoms with E-state index in [4.69, 9.17) is 37.8 Å². The van der Waals surface area contributed by atoms with Crippen molar-refractivity contribution in [3.63, 3.8) is 0 Å². The number of rotatable bonds is 7. The minimum absolute atomic E-state index is 0.00748. The number of ether oxygens (including phenoxy) is 2. The van der Waals surface area contributed by atoms with E-state index in [1.165, 1.54) is 25.1 Å². The van der Waals surface area contributed by atoms with Gasteiger partial charge < -0.3 is 14.6 Å². The third-order valence-electron chi connectivity index (χ3n) is 3.50. The first-order valence-electron chi connectivity index (χ1n) is 7.93. The number of imide groups is 1. The molecule has 1 atom stereocenters. The molecule has 1 aliphatic heterocycles. The number of benzene rings is 1. The van der Waals surface area contributed by atoms with Gasteiger partial charge in [-0.25, -0.2) is 9.59 Å². The van der Waals surface area contributed by atoms with Crippen molar-refractivity contribution in [2.75, 3.05) is 13.2 Å². The Bertz CT molecular complexity index is 848. The van der Waals surface area contributed by atoms with E-state index in [1.807, 2.05) is 0 Å². The Morgan fingerprint density at radius 2 is 1.89 bits per heavy atom.